The Balaban J connectivity index is 1.30. The molecule has 0 aromatic heterocycles. The van der Waals surface area contributed by atoms with E-state index in [1.807, 2.05) is 61.5 Å². The van der Waals surface area contributed by atoms with Crippen molar-refractivity contribution in [2.24, 2.45) is 0 Å². The number of hydrogen-bond acceptors (Lipinski definition) is 5. The van der Waals surface area contributed by atoms with Gasteiger partial charge in [0.1, 0.15) is 10.1 Å². The molecular formula is C27H23ClN2O3S2. The van der Waals surface area contributed by atoms with E-state index >= 15 is 0 Å². The summed E-state index contributed by atoms with van der Waals surface area (Å²) in [7, 11) is 0. The number of aryl methyl sites for hydroxylation is 1. The van der Waals surface area contributed by atoms with E-state index in [1.165, 1.54) is 11.8 Å². The lowest BCUT2D eigenvalue weighted by molar-refractivity contribution is -0.122. The number of hydrogen-bond donors (Lipinski definition) is 1. The summed E-state index contributed by atoms with van der Waals surface area (Å²) in [4.78, 5) is 27.3. The summed E-state index contributed by atoms with van der Waals surface area (Å²) in [6.07, 6.45) is 2.57. The first-order valence-electron chi connectivity index (χ1n) is 11.0. The Kier molecular flexibility index (Phi) is 8.23. The Morgan fingerprint density at radius 1 is 1.11 bits per heavy atom. The van der Waals surface area contributed by atoms with Crippen molar-refractivity contribution in [2.75, 3.05) is 18.5 Å². The standard InChI is InChI=1S/C27H23ClN2O3S2/c1-18-7-10-21(16-23(18)28)29-25(31)17-33-22-11-8-20(9-12-22)15-24-26(32)30(27(34)35-24)14-13-19-5-3-2-4-6-19/h2-12,15-16H,13-14,17H2,1H3,(H,29,31)/b24-15-. The van der Waals surface area contributed by atoms with Gasteiger partial charge < -0.3 is 10.1 Å². The normalized spacial score (nSPS) is 14.5. The molecule has 0 unspecified atom stereocenters. The van der Waals surface area contributed by atoms with Crippen molar-refractivity contribution in [3.8, 4) is 5.75 Å². The summed E-state index contributed by atoms with van der Waals surface area (Å²) in [6, 6.07) is 22.6. The molecule has 1 fully saturated rings. The maximum atomic E-state index is 12.8. The number of anilines is 1. The first-order chi connectivity index (χ1) is 16.9. The molecule has 0 saturated carbocycles. The topological polar surface area (TPSA) is 58.6 Å². The fraction of sp³-hybridized carbons (Fsp3) is 0.148. The number of nitrogens with zero attached hydrogens (tertiary/aromatic N) is 1. The van der Waals surface area contributed by atoms with Crippen LogP contribution in [-0.2, 0) is 16.0 Å². The van der Waals surface area contributed by atoms with Crippen molar-refractivity contribution in [2.45, 2.75) is 13.3 Å². The number of carbonyl (C=O) groups is 2. The lowest BCUT2D eigenvalue weighted by Crippen LogP contribution is -2.30. The number of halogens is 1. The van der Waals surface area contributed by atoms with E-state index in [0.29, 0.717) is 32.2 Å². The molecular weight excluding hydrogens is 500 g/mol. The average Bonchev–Trinajstić information content (AvgIpc) is 3.12. The van der Waals surface area contributed by atoms with Crippen LogP contribution in [0, 0.1) is 6.92 Å². The van der Waals surface area contributed by atoms with E-state index in [1.54, 1.807) is 29.2 Å². The third-order valence-corrected chi connectivity index (χ3v) is 7.13. The molecule has 1 heterocycles. The summed E-state index contributed by atoms with van der Waals surface area (Å²) in [5, 5.41) is 3.35. The number of thioether (sulfide) groups is 1. The Bertz CT molecular complexity index is 1280. The van der Waals surface area contributed by atoms with Crippen molar-refractivity contribution in [1.82, 2.24) is 4.90 Å². The van der Waals surface area contributed by atoms with Gasteiger partial charge in [0.2, 0.25) is 0 Å². The smallest absolute Gasteiger partial charge is 0.266 e. The van der Waals surface area contributed by atoms with Crippen LogP contribution in [0.2, 0.25) is 5.02 Å². The van der Waals surface area contributed by atoms with E-state index in [9.17, 15) is 9.59 Å². The third kappa shape index (κ3) is 6.72. The molecule has 1 aliphatic heterocycles. The minimum Gasteiger partial charge on any atom is -0.484 e. The molecule has 2 amide bonds. The number of carbonyl (C=O) groups excluding carboxylic acids is 2. The first kappa shape index (κ1) is 25.0. The second-order valence-corrected chi connectivity index (χ2v) is 10.0. The second-order valence-electron chi connectivity index (χ2n) is 7.94. The van der Waals surface area contributed by atoms with Crippen LogP contribution in [0.3, 0.4) is 0 Å². The molecule has 4 rings (SSSR count). The second kappa shape index (κ2) is 11.5. The molecule has 8 heteroatoms. The zero-order valence-electron chi connectivity index (χ0n) is 19.0. The van der Waals surface area contributed by atoms with E-state index in [0.717, 1.165) is 23.1 Å². The third-order valence-electron chi connectivity index (χ3n) is 5.34. The van der Waals surface area contributed by atoms with Crippen LogP contribution in [-0.4, -0.2) is 34.2 Å². The summed E-state index contributed by atoms with van der Waals surface area (Å²) in [6.45, 7) is 2.31. The quantitative estimate of drug-likeness (QED) is 0.286. The van der Waals surface area contributed by atoms with Crippen LogP contribution in [0.4, 0.5) is 5.69 Å². The molecule has 1 aliphatic rings. The minimum atomic E-state index is -0.284. The molecule has 5 nitrogen and oxygen atoms in total. The van der Waals surface area contributed by atoms with Gasteiger partial charge in [0.25, 0.3) is 11.8 Å². The van der Waals surface area contributed by atoms with Gasteiger partial charge >= 0.3 is 0 Å². The van der Waals surface area contributed by atoms with Gasteiger partial charge in [-0.15, -0.1) is 0 Å². The fourth-order valence-electron chi connectivity index (χ4n) is 3.41. The monoisotopic (exact) mass is 522 g/mol. The van der Waals surface area contributed by atoms with Crippen LogP contribution in [0.1, 0.15) is 16.7 Å². The van der Waals surface area contributed by atoms with Gasteiger partial charge in [0.15, 0.2) is 6.61 Å². The van der Waals surface area contributed by atoms with Gasteiger partial charge in [-0.3, -0.25) is 14.5 Å². The predicted molar refractivity (Wildman–Crippen MR) is 147 cm³/mol. The van der Waals surface area contributed by atoms with Gasteiger partial charge in [0.05, 0.1) is 4.91 Å². The zero-order chi connectivity index (χ0) is 24.8. The molecule has 35 heavy (non-hydrogen) atoms. The maximum Gasteiger partial charge on any atom is 0.266 e. The van der Waals surface area contributed by atoms with Gasteiger partial charge in [-0.25, -0.2) is 0 Å². The number of ether oxygens (including phenoxy) is 1. The summed E-state index contributed by atoms with van der Waals surface area (Å²) < 4.78 is 6.15. The molecule has 1 N–H and O–H groups in total. The first-order valence-corrected chi connectivity index (χ1v) is 12.6. The number of benzene rings is 3. The van der Waals surface area contributed by atoms with Gasteiger partial charge in [-0.2, -0.15) is 0 Å². The highest BCUT2D eigenvalue weighted by Crippen LogP contribution is 2.33. The lowest BCUT2D eigenvalue weighted by atomic mass is 10.1. The highest BCUT2D eigenvalue weighted by Gasteiger charge is 2.31. The SMILES string of the molecule is Cc1ccc(NC(=O)COc2ccc(/C=C3\SC(=S)N(CCc4ccccc4)C3=O)cc2)cc1Cl. The summed E-state index contributed by atoms with van der Waals surface area (Å²) in [5.41, 5.74) is 3.57. The number of nitrogens with one attached hydrogen (secondary N) is 1. The van der Waals surface area contributed by atoms with E-state index in [4.69, 9.17) is 28.6 Å². The minimum absolute atomic E-state index is 0.0795. The van der Waals surface area contributed by atoms with Crippen molar-refractivity contribution >= 4 is 63.5 Å². The van der Waals surface area contributed by atoms with Gasteiger partial charge in [0, 0.05) is 17.3 Å². The lowest BCUT2D eigenvalue weighted by Gasteiger charge is -2.14. The van der Waals surface area contributed by atoms with Crippen molar-refractivity contribution in [1.29, 1.82) is 0 Å². The van der Waals surface area contributed by atoms with E-state index in [-0.39, 0.29) is 18.4 Å². The number of thiocarbonyl (C=S) groups is 1. The number of rotatable bonds is 8. The molecule has 0 radical (unpaired) electrons. The predicted octanol–water partition coefficient (Wildman–Crippen LogP) is 6.11. The van der Waals surface area contributed by atoms with E-state index < -0.39 is 0 Å². The molecule has 0 atom stereocenters. The summed E-state index contributed by atoms with van der Waals surface area (Å²) >= 11 is 12.8. The molecule has 178 valence electrons. The van der Waals surface area contributed by atoms with Crippen molar-refractivity contribution < 1.29 is 14.3 Å². The molecule has 0 spiro atoms. The van der Waals surface area contributed by atoms with Gasteiger partial charge in [-0.05, 0) is 60.4 Å². The Labute approximate surface area is 219 Å². The summed E-state index contributed by atoms with van der Waals surface area (Å²) in [5.74, 6) is 0.187. The zero-order valence-corrected chi connectivity index (χ0v) is 21.4. The molecule has 3 aromatic rings. The van der Waals surface area contributed by atoms with Crippen molar-refractivity contribution in [3.63, 3.8) is 0 Å². The molecule has 0 bridgehead atoms. The Morgan fingerprint density at radius 2 is 1.86 bits per heavy atom. The maximum absolute atomic E-state index is 12.8. The van der Waals surface area contributed by atoms with Gasteiger partial charge in [-0.1, -0.05) is 84.1 Å². The molecule has 0 aliphatic carbocycles. The van der Waals surface area contributed by atoms with E-state index in [2.05, 4.69) is 5.32 Å². The average molecular weight is 523 g/mol. The number of amides is 2. The Morgan fingerprint density at radius 3 is 2.57 bits per heavy atom. The van der Waals surface area contributed by atoms with Crippen LogP contribution < -0.4 is 10.1 Å². The Hall–Kier alpha value is -3.13. The van der Waals surface area contributed by atoms with Crippen LogP contribution in [0.5, 0.6) is 5.75 Å². The fourth-order valence-corrected chi connectivity index (χ4v) is 4.90. The molecule has 1 saturated heterocycles. The largest absolute Gasteiger partial charge is 0.484 e. The van der Waals surface area contributed by atoms with Crippen molar-refractivity contribution in [3.05, 3.63) is 99.4 Å². The van der Waals surface area contributed by atoms with Crippen LogP contribution in [0.25, 0.3) is 6.08 Å². The highest BCUT2D eigenvalue weighted by atomic mass is 35.5. The molecule has 3 aromatic carbocycles. The highest BCUT2D eigenvalue weighted by molar-refractivity contribution is 8.26. The van der Waals surface area contributed by atoms with Crippen LogP contribution in [0.15, 0.2) is 77.7 Å². The van der Waals surface area contributed by atoms with Crippen LogP contribution >= 0.6 is 35.6 Å².